The topological polar surface area (TPSA) is 3.24 Å². The van der Waals surface area contributed by atoms with E-state index in [4.69, 9.17) is 0 Å². The van der Waals surface area contributed by atoms with E-state index in [0.717, 1.165) is 35.9 Å². The molecule has 0 radical (unpaired) electrons. The summed E-state index contributed by atoms with van der Waals surface area (Å²) in [5.41, 5.74) is 0. The molecule has 0 aromatic rings. The normalized spacial score (nSPS) is 38.4. The molecule has 6 atom stereocenters. The zero-order valence-corrected chi connectivity index (χ0v) is 13.9. The van der Waals surface area contributed by atoms with E-state index in [-0.39, 0.29) is 0 Å². The Kier molecular flexibility index (Phi) is 5.34. The van der Waals surface area contributed by atoms with Gasteiger partial charge in [-0.05, 0) is 50.4 Å². The lowest BCUT2D eigenvalue weighted by atomic mass is 9.87. The van der Waals surface area contributed by atoms with Gasteiger partial charge in [0.2, 0.25) is 0 Å². The second-order valence-corrected chi connectivity index (χ2v) is 7.74. The highest BCUT2D eigenvalue weighted by molar-refractivity contribution is 4.99. The molecule has 2 saturated heterocycles. The second kappa shape index (κ2) is 6.61. The fourth-order valence-corrected chi connectivity index (χ4v) is 4.47. The summed E-state index contributed by atoms with van der Waals surface area (Å²) < 4.78 is 0. The van der Waals surface area contributed by atoms with Crippen molar-refractivity contribution in [3.05, 3.63) is 0 Å². The van der Waals surface area contributed by atoms with Crippen LogP contribution in [0.3, 0.4) is 0 Å². The minimum Gasteiger partial charge on any atom is -0.294 e. The fraction of sp³-hybridized carbons (Fsp3) is 1.00. The fourth-order valence-electron chi connectivity index (χ4n) is 4.47. The van der Waals surface area contributed by atoms with Crippen molar-refractivity contribution in [1.82, 2.24) is 4.90 Å². The van der Waals surface area contributed by atoms with Crippen LogP contribution in [0.2, 0.25) is 0 Å². The van der Waals surface area contributed by atoms with Gasteiger partial charge in [0.15, 0.2) is 0 Å². The first kappa shape index (κ1) is 15.4. The lowest BCUT2D eigenvalue weighted by Gasteiger charge is -2.32. The highest BCUT2D eigenvalue weighted by Crippen LogP contribution is 2.42. The predicted molar refractivity (Wildman–Crippen MR) is 84.4 cm³/mol. The molecule has 0 amide bonds. The third-order valence-electron chi connectivity index (χ3n) is 6.02. The molecular weight excluding hydrogens is 230 g/mol. The van der Waals surface area contributed by atoms with Gasteiger partial charge in [0.25, 0.3) is 0 Å². The summed E-state index contributed by atoms with van der Waals surface area (Å²) in [6.45, 7) is 12.2. The first-order chi connectivity index (χ1) is 9.02. The third-order valence-corrected chi connectivity index (χ3v) is 6.02. The monoisotopic (exact) mass is 265 g/mol. The zero-order chi connectivity index (χ0) is 14.0. The van der Waals surface area contributed by atoms with Gasteiger partial charge in [0, 0.05) is 18.1 Å². The molecule has 1 heteroatoms. The van der Waals surface area contributed by atoms with Crippen LogP contribution in [-0.2, 0) is 0 Å². The van der Waals surface area contributed by atoms with Crippen LogP contribution in [0, 0.1) is 17.8 Å². The van der Waals surface area contributed by atoms with Gasteiger partial charge < -0.3 is 0 Å². The van der Waals surface area contributed by atoms with Crippen LogP contribution >= 0.6 is 0 Å². The molecule has 2 rings (SSSR count). The molecule has 112 valence electrons. The first-order valence-electron chi connectivity index (χ1n) is 8.80. The van der Waals surface area contributed by atoms with Crippen molar-refractivity contribution in [2.45, 2.75) is 97.7 Å². The van der Waals surface area contributed by atoms with E-state index in [2.05, 4.69) is 39.5 Å². The highest BCUT2D eigenvalue weighted by Gasteiger charge is 2.44. The van der Waals surface area contributed by atoms with Gasteiger partial charge in [0.05, 0.1) is 0 Å². The second-order valence-electron chi connectivity index (χ2n) is 7.74. The summed E-state index contributed by atoms with van der Waals surface area (Å²) in [6, 6.07) is 2.66. The standard InChI is InChI=1S/C18H35N/c1-6-13(2)7-8-14(3)11-18-15(4)12-17-10-9-16(5)19(17)18/h13-18H,6-12H2,1-5H3. The van der Waals surface area contributed by atoms with E-state index in [1.165, 1.54) is 44.9 Å². The lowest BCUT2D eigenvalue weighted by molar-refractivity contribution is 0.150. The van der Waals surface area contributed by atoms with Crippen molar-refractivity contribution in [3.63, 3.8) is 0 Å². The van der Waals surface area contributed by atoms with E-state index in [1.807, 2.05) is 0 Å². The number of hydrogen-bond donors (Lipinski definition) is 0. The maximum Gasteiger partial charge on any atom is 0.0130 e. The van der Waals surface area contributed by atoms with Crippen molar-refractivity contribution in [3.8, 4) is 0 Å². The molecular formula is C18H35N. The molecule has 0 aromatic carbocycles. The molecule has 0 aromatic heterocycles. The van der Waals surface area contributed by atoms with Crippen LogP contribution < -0.4 is 0 Å². The van der Waals surface area contributed by atoms with Crippen molar-refractivity contribution in [2.75, 3.05) is 0 Å². The van der Waals surface area contributed by atoms with Gasteiger partial charge in [0.1, 0.15) is 0 Å². The predicted octanol–water partition coefficient (Wildman–Crippen LogP) is 5.10. The van der Waals surface area contributed by atoms with Gasteiger partial charge in [-0.1, -0.05) is 47.0 Å². The van der Waals surface area contributed by atoms with Crippen LogP contribution in [-0.4, -0.2) is 23.0 Å². The summed E-state index contributed by atoms with van der Waals surface area (Å²) in [7, 11) is 0. The molecule has 2 aliphatic rings. The Balaban J connectivity index is 1.83. The Hall–Kier alpha value is -0.0400. The highest BCUT2D eigenvalue weighted by atomic mass is 15.3. The Morgan fingerprint density at radius 2 is 1.74 bits per heavy atom. The maximum atomic E-state index is 2.89. The molecule has 6 unspecified atom stereocenters. The molecule has 2 aliphatic heterocycles. The summed E-state index contributed by atoms with van der Waals surface area (Å²) in [5, 5.41) is 0. The summed E-state index contributed by atoms with van der Waals surface area (Å²) in [5.74, 6) is 2.76. The average Bonchev–Trinajstić information content (AvgIpc) is 2.88. The van der Waals surface area contributed by atoms with E-state index in [9.17, 15) is 0 Å². The minimum atomic E-state index is 0.849. The van der Waals surface area contributed by atoms with E-state index in [1.54, 1.807) is 0 Å². The summed E-state index contributed by atoms with van der Waals surface area (Å²) in [4.78, 5) is 2.89. The SMILES string of the molecule is CCC(C)CCC(C)CC1C(C)CC2CCC(C)N21. The summed E-state index contributed by atoms with van der Waals surface area (Å²) in [6.07, 6.45) is 10.0. The Bertz CT molecular complexity index is 275. The van der Waals surface area contributed by atoms with Crippen LogP contribution in [0.4, 0.5) is 0 Å². The van der Waals surface area contributed by atoms with Crippen molar-refractivity contribution in [1.29, 1.82) is 0 Å². The largest absolute Gasteiger partial charge is 0.294 e. The molecule has 0 spiro atoms. The first-order valence-corrected chi connectivity index (χ1v) is 8.80. The van der Waals surface area contributed by atoms with Crippen molar-refractivity contribution < 1.29 is 0 Å². The maximum absolute atomic E-state index is 2.89. The molecule has 0 saturated carbocycles. The van der Waals surface area contributed by atoms with E-state index >= 15 is 0 Å². The van der Waals surface area contributed by atoms with Gasteiger partial charge >= 0.3 is 0 Å². The minimum absolute atomic E-state index is 0.849. The van der Waals surface area contributed by atoms with Gasteiger partial charge in [-0.15, -0.1) is 0 Å². The Morgan fingerprint density at radius 3 is 2.42 bits per heavy atom. The van der Waals surface area contributed by atoms with Crippen LogP contribution in [0.5, 0.6) is 0 Å². The van der Waals surface area contributed by atoms with Gasteiger partial charge in [-0.25, -0.2) is 0 Å². The van der Waals surface area contributed by atoms with Gasteiger partial charge in [-0.2, -0.15) is 0 Å². The number of hydrogen-bond acceptors (Lipinski definition) is 1. The smallest absolute Gasteiger partial charge is 0.0130 e. The molecule has 19 heavy (non-hydrogen) atoms. The number of nitrogens with zero attached hydrogens (tertiary/aromatic N) is 1. The van der Waals surface area contributed by atoms with Crippen LogP contribution in [0.25, 0.3) is 0 Å². The molecule has 0 aliphatic carbocycles. The summed E-state index contributed by atoms with van der Waals surface area (Å²) >= 11 is 0. The molecule has 0 N–H and O–H groups in total. The van der Waals surface area contributed by atoms with E-state index < -0.39 is 0 Å². The van der Waals surface area contributed by atoms with Crippen molar-refractivity contribution >= 4 is 0 Å². The Morgan fingerprint density at radius 1 is 1.05 bits per heavy atom. The molecule has 2 fully saturated rings. The number of fused-ring (bicyclic) bond motifs is 1. The van der Waals surface area contributed by atoms with Crippen LogP contribution in [0.15, 0.2) is 0 Å². The van der Waals surface area contributed by atoms with E-state index in [0.29, 0.717) is 0 Å². The Labute approximate surface area is 121 Å². The third kappa shape index (κ3) is 3.54. The van der Waals surface area contributed by atoms with Crippen LogP contribution in [0.1, 0.15) is 79.6 Å². The quantitative estimate of drug-likeness (QED) is 0.646. The van der Waals surface area contributed by atoms with Gasteiger partial charge in [-0.3, -0.25) is 4.90 Å². The number of rotatable bonds is 6. The molecule has 0 bridgehead atoms. The average molecular weight is 265 g/mol. The zero-order valence-electron chi connectivity index (χ0n) is 13.9. The van der Waals surface area contributed by atoms with Crippen molar-refractivity contribution in [2.24, 2.45) is 17.8 Å². The molecule has 2 heterocycles. The molecule has 1 nitrogen and oxygen atoms in total. The lowest BCUT2D eigenvalue weighted by Crippen LogP contribution is -2.39.